The van der Waals surface area contributed by atoms with Crippen LogP contribution in [0.4, 0.5) is 13.2 Å². The van der Waals surface area contributed by atoms with Gasteiger partial charge in [0.1, 0.15) is 45.2 Å². The highest BCUT2D eigenvalue weighted by Gasteiger charge is 2.64. The van der Waals surface area contributed by atoms with Gasteiger partial charge >= 0.3 is 24.1 Å². The topological polar surface area (TPSA) is 250 Å². The van der Waals surface area contributed by atoms with Gasteiger partial charge in [-0.3, -0.25) is 24.2 Å². The lowest BCUT2D eigenvalue weighted by Gasteiger charge is -2.60. The number of aromatic amines is 1. The van der Waals surface area contributed by atoms with Crippen molar-refractivity contribution >= 4 is 123 Å². The number of H-pyrrole nitrogens is 1. The van der Waals surface area contributed by atoms with E-state index in [2.05, 4.69) is 177 Å². The van der Waals surface area contributed by atoms with Gasteiger partial charge in [-0.05, 0) is 288 Å². The van der Waals surface area contributed by atoms with Crippen LogP contribution in [0.2, 0.25) is 0 Å². The molecule has 2 N–H and O–H groups in total. The molecule has 4 bridgehead atoms. The molecule has 5 aromatic carbocycles. The number of Topliss-reactive ketones (excluding diaryl/α,β-unsaturated/α-hetero) is 1. The Bertz CT molecular complexity index is 3920. The summed E-state index contributed by atoms with van der Waals surface area (Å²) in [6.07, 6.45) is 8.39. The number of nitrogens with one attached hydrogen (secondary N) is 1. The molecule has 6 aromatic rings. The molecule has 25 heteroatoms. The number of nitrogens with zero attached hydrogens (tertiary/aromatic N) is 1. The smallest absolute Gasteiger partial charge is 0.426 e. The second-order valence-corrected chi connectivity index (χ2v) is 38.7. The predicted octanol–water partition coefficient (Wildman–Crippen LogP) is 19.1. The number of aromatic hydroxyl groups is 1. The first-order valence-electron chi connectivity index (χ1n) is 35.3. The minimum Gasteiger partial charge on any atom is -0.748 e. The summed E-state index contributed by atoms with van der Waals surface area (Å²) in [5.74, 6) is -4.21. The first-order valence-corrected chi connectivity index (χ1v) is 42.9. The van der Waals surface area contributed by atoms with E-state index in [1.165, 1.54) is 45.1 Å². The van der Waals surface area contributed by atoms with Gasteiger partial charge in [-0.25, -0.2) is 21.4 Å². The number of phenols is 1. The van der Waals surface area contributed by atoms with Gasteiger partial charge in [0.2, 0.25) is 12.4 Å². The zero-order valence-corrected chi connectivity index (χ0v) is 71.1. The molecule has 574 valence electrons. The number of ketones is 1. The molecule has 5 saturated carbocycles. The SMILES string of the molecule is CC(C)(C)c1ccc([S+](c2ccccc2)c2ccccc2)cc1.CCC(C)(C)C(=O)OC1(C)CCCC1.CCC(C)(C)C(=O)OC12CC3CC(C1)CC(C(=O)OC(CS(=O)(=O)[O-])C(F)(F)F)(C3)C2.CCC(C)[n+]1cc[nH]c1.CCC(C)c1cccc(O)c1.O=C(CS(=O)(=O)[O-])c1c(I)cc(I)cc1I. The third-order valence-corrected chi connectivity index (χ3v) is 25.7. The Balaban J connectivity index is 0.000000236. The number of aromatic nitrogens is 2. The second kappa shape index (κ2) is 38.6. The maximum atomic E-state index is 13.3. The lowest BCUT2D eigenvalue weighted by molar-refractivity contribution is -0.718. The van der Waals surface area contributed by atoms with Gasteiger partial charge in [-0.15, -0.1) is 0 Å². The third kappa shape index (κ3) is 27.5. The minimum absolute atomic E-state index is 0.00100. The number of benzene rings is 5. The predicted molar refractivity (Wildman–Crippen MR) is 424 cm³/mol. The minimum atomic E-state index is -5.27. The highest BCUT2D eigenvalue weighted by molar-refractivity contribution is 14.1. The average Bonchev–Trinajstić information content (AvgIpc) is 0.716. The van der Waals surface area contributed by atoms with Crippen molar-refractivity contribution in [1.82, 2.24) is 4.98 Å². The Morgan fingerprint density at radius 1 is 0.683 bits per heavy atom. The third-order valence-electron chi connectivity index (χ3n) is 19.8. The Morgan fingerprint density at radius 2 is 1.18 bits per heavy atom. The summed E-state index contributed by atoms with van der Waals surface area (Å²) in [4.78, 5) is 56.3. The number of rotatable bonds is 20. The molecule has 16 nitrogen and oxygen atoms in total. The van der Waals surface area contributed by atoms with Crippen molar-refractivity contribution in [3.05, 3.63) is 167 Å². The molecule has 11 rings (SSSR count). The molecule has 0 spiro atoms. The standard InChI is InChI=1S/C22H23S.C20H29F3O7S.C12H22O2.C10H14O.C8H5I3O4S.C7H12N2/c1-22(2,3)18-14-16-21(17-15-18)23(19-10-6-4-7-11-19)20-12-8-5-9-13-20;1-4-17(2,3)15(24)30-19-8-12-5-13(9-19)7-18(6-12,11-19)16(25)29-14(20(21,22)23)10-31(26,27)28;1-5-11(2,3)10(13)14-12(4)8-6-7-9-12;1-3-8(2)9-5-4-6-10(11)7-9;9-4-1-5(10)8(6(11)2-4)7(12)3-16(13,14)15;1-3-7(2)9-5-4-8-6-9/h4-17H,1-3H3;12-14H,4-11H2,1-3H3,(H,26,27,28);5-9H2,1-4H3;4-8,11H,3H2,1-2H3;1-2H,3H2,(H,13,14,15);4-7H,3H2,1-2H3/q+1;;;;;/p-1. The van der Waals surface area contributed by atoms with Crippen molar-refractivity contribution in [2.45, 2.75) is 242 Å². The van der Waals surface area contributed by atoms with Crippen LogP contribution >= 0.6 is 67.8 Å². The van der Waals surface area contributed by atoms with Crippen LogP contribution in [0, 0.1) is 38.8 Å². The monoisotopic (exact) mass is 1840 g/mol. The van der Waals surface area contributed by atoms with Crippen LogP contribution < -0.4 is 4.57 Å². The second-order valence-electron chi connectivity index (χ2n) is 30.3. The Labute approximate surface area is 659 Å². The summed E-state index contributed by atoms with van der Waals surface area (Å²) < 4.78 is 125. The van der Waals surface area contributed by atoms with Gasteiger partial charge in [-0.2, -0.15) is 13.2 Å². The van der Waals surface area contributed by atoms with E-state index < -0.39 is 78.2 Å². The number of esters is 3. The van der Waals surface area contributed by atoms with Crippen LogP contribution in [-0.2, 0) is 65.1 Å². The van der Waals surface area contributed by atoms with Crippen molar-refractivity contribution < 1.29 is 82.2 Å². The molecule has 0 amide bonds. The van der Waals surface area contributed by atoms with Gasteiger partial charge in [0.05, 0.1) is 49.1 Å². The Kier molecular flexibility index (Phi) is 33.4. The number of phenolic OH excluding ortho intramolecular Hbond substituents is 1. The summed E-state index contributed by atoms with van der Waals surface area (Å²) in [5.41, 5.74) is -0.367. The Morgan fingerprint density at radius 3 is 1.61 bits per heavy atom. The van der Waals surface area contributed by atoms with E-state index in [9.17, 15) is 58.3 Å². The lowest BCUT2D eigenvalue weighted by Crippen LogP contribution is -2.61. The molecule has 1 heterocycles. The maximum absolute atomic E-state index is 13.3. The normalized spacial score (nSPS) is 19.8. The maximum Gasteiger partial charge on any atom is 0.426 e. The van der Waals surface area contributed by atoms with Gasteiger partial charge in [0.25, 0.3) is 0 Å². The molecule has 5 atom stereocenters. The van der Waals surface area contributed by atoms with Crippen molar-refractivity contribution in [2.24, 2.45) is 28.1 Å². The molecule has 104 heavy (non-hydrogen) atoms. The highest BCUT2D eigenvalue weighted by Crippen LogP contribution is 2.64. The van der Waals surface area contributed by atoms with Gasteiger partial charge < -0.3 is 28.4 Å². The summed E-state index contributed by atoms with van der Waals surface area (Å²) in [6, 6.07) is 42.3. The number of hydrogen-bond donors (Lipinski definition) is 2. The fourth-order valence-corrected chi connectivity index (χ4v) is 20.2. The molecule has 0 saturated heterocycles. The number of imidazole rings is 1. The quantitative estimate of drug-likeness (QED) is 0.0137. The van der Waals surface area contributed by atoms with Crippen LogP contribution in [0.15, 0.2) is 155 Å². The number of hydrogen-bond acceptors (Lipinski definition) is 14. The number of ether oxygens (including phenoxy) is 3. The van der Waals surface area contributed by atoms with E-state index in [0.29, 0.717) is 62.5 Å². The largest absolute Gasteiger partial charge is 0.748 e. The Hall–Kier alpha value is -4.66. The van der Waals surface area contributed by atoms with Gasteiger partial charge in [-0.1, -0.05) is 116 Å². The molecule has 0 aliphatic heterocycles. The van der Waals surface area contributed by atoms with E-state index in [1.807, 2.05) is 110 Å². The summed E-state index contributed by atoms with van der Waals surface area (Å²) in [5, 5.41) is 9.16. The van der Waals surface area contributed by atoms with E-state index in [1.54, 1.807) is 32.0 Å². The zero-order chi connectivity index (χ0) is 78.0. The van der Waals surface area contributed by atoms with Crippen molar-refractivity contribution in [3.8, 4) is 5.75 Å². The average molecular weight is 1840 g/mol. The summed E-state index contributed by atoms with van der Waals surface area (Å²) >= 11 is 6.00. The highest BCUT2D eigenvalue weighted by atomic mass is 127. The van der Waals surface area contributed by atoms with E-state index in [-0.39, 0.29) is 51.6 Å². The van der Waals surface area contributed by atoms with Crippen LogP contribution in [0.1, 0.15) is 220 Å². The van der Waals surface area contributed by atoms with E-state index in [0.717, 1.165) is 35.7 Å². The molecule has 5 aliphatic rings. The van der Waals surface area contributed by atoms with Crippen LogP contribution in [-0.4, -0.2) is 94.7 Å². The molecular formula is C79H104F3I3N2O14S3. The van der Waals surface area contributed by atoms with Crippen LogP contribution in [0.5, 0.6) is 5.75 Å². The first kappa shape index (κ1) is 90.0. The number of alkyl halides is 3. The fourth-order valence-electron chi connectivity index (χ4n) is 12.9. The van der Waals surface area contributed by atoms with E-state index in [4.69, 9.17) is 14.6 Å². The summed E-state index contributed by atoms with van der Waals surface area (Å²) in [6.45, 7) is 28.8. The summed E-state index contributed by atoms with van der Waals surface area (Å²) in [7, 11) is -9.84. The molecule has 1 aromatic heterocycles. The zero-order valence-electron chi connectivity index (χ0n) is 62.2. The first-order chi connectivity index (χ1) is 48.2. The van der Waals surface area contributed by atoms with Crippen molar-refractivity contribution in [3.63, 3.8) is 0 Å². The van der Waals surface area contributed by atoms with Crippen molar-refractivity contribution in [2.75, 3.05) is 11.5 Å². The molecular weight excluding hydrogens is 1730 g/mol. The number of carbonyl (C=O) groups is 4. The van der Waals surface area contributed by atoms with Gasteiger partial charge in [0, 0.05) is 22.7 Å². The van der Waals surface area contributed by atoms with Gasteiger partial charge in [0.15, 0.2) is 20.5 Å². The van der Waals surface area contributed by atoms with E-state index >= 15 is 0 Å². The lowest BCUT2D eigenvalue weighted by atomic mass is 9.48. The fraction of sp³-hybridized carbons (Fsp3) is 0.532. The molecule has 5 aliphatic carbocycles. The number of carbonyl (C=O) groups excluding carboxylic acids is 4. The van der Waals surface area contributed by atoms with Crippen LogP contribution in [0.3, 0.4) is 0 Å². The molecule has 5 fully saturated rings. The van der Waals surface area contributed by atoms with Crippen molar-refractivity contribution in [1.29, 1.82) is 0 Å². The molecule has 5 unspecified atom stereocenters. The van der Waals surface area contributed by atoms with Crippen LogP contribution in [0.25, 0.3) is 0 Å². The molecule has 0 radical (unpaired) electrons. The number of halogens is 6.